The number of halogens is 1. The molecule has 0 atom stereocenters. The fourth-order valence-electron chi connectivity index (χ4n) is 3.79. The van der Waals surface area contributed by atoms with Crippen molar-refractivity contribution < 1.29 is 4.42 Å². The lowest BCUT2D eigenvalue weighted by atomic mass is 9.97. The maximum Gasteiger partial charge on any atom is 0.208 e. The molecule has 1 aromatic carbocycles. The molecule has 0 unspecified atom stereocenters. The molecule has 31 heavy (non-hydrogen) atoms. The van der Waals surface area contributed by atoms with E-state index in [1.54, 1.807) is 11.8 Å². The van der Waals surface area contributed by atoms with Gasteiger partial charge in [-0.15, -0.1) is 35.7 Å². The molecule has 1 aromatic heterocycles. The van der Waals surface area contributed by atoms with E-state index in [0.29, 0.717) is 5.92 Å². The summed E-state index contributed by atoms with van der Waals surface area (Å²) in [5.41, 5.74) is 3.60. The summed E-state index contributed by atoms with van der Waals surface area (Å²) in [5, 5.41) is 6.98. The number of piperidine rings is 1. The van der Waals surface area contributed by atoms with Crippen molar-refractivity contribution in [3.05, 3.63) is 46.7 Å². The fourth-order valence-corrected chi connectivity index (χ4v) is 4.49. The lowest BCUT2D eigenvalue weighted by Crippen LogP contribution is -2.42. The van der Waals surface area contributed by atoms with Gasteiger partial charge in [0.05, 0.1) is 12.2 Å². The molecular weight excluding hydrogens is 521 g/mol. The first-order valence-electron chi connectivity index (χ1n) is 10.7. The number of aryl methyl sites for hydroxylation is 3. The highest BCUT2D eigenvalue weighted by Gasteiger charge is 2.21. The van der Waals surface area contributed by atoms with Gasteiger partial charge in [-0.25, -0.2) is 4.98 Å². The van der Waals surface area contributed by atoms with Gasteiger partial charge in [-0.05, 0) is 76.1 Å². The molecule has 3 rings (SSSR count). The number of aromatic nitrogens is 1. The van der Waals surface area contributed by atoms with Crippen molar-refractivity contribution in [2.24, 2.45) is 10.9 Å². The van der Waals surface area contributed by atoms with Crippen LogP contribution >= 0.6 is 35.7 Å². The Hall–Kier alpha value is -1.26. The molecule has 0 amide bonds. The predicted molar refractivity (Wildman–Crippen MR) is 141 cm³/mol. The number of hydrogen-bond donors (Lipinski definition) is 2. The monoisotopic (exact) mass is 557 g/mol. The second kappa shape index (κ2) is 12.7. The maximum absolute atomic E-state index is 5.73. The van der Waals surface area contributed by atoms with Gasteiger partial charge >= 0.3 is 0 Å². The molecule has 8 heteroatoms. The van der Waals surface area contributed by atoms with E-state index in [0.717, 1.165) is 56.0 Å². The van der Waals surface area contributed by atoms with Crippen LogP contribution in [0.5, 0.6) is 0 Å². The molecule has 1 fully saturated rings. The van der Waals surface area contributed by atoms with E-state index in [1.165, 1.54) is 28.9 Å². The van der Waals surface area contributed by atoms with Gasteiger partial charge in [0.2, 0.25) is 5.89 Å². The molecule has 0 radical (unpaired) electrons. The normalized spacial score (nSPS) is 15.6. The first-order valence-corrected chi connectivity index (χ1v) is 11.9. The number of likely N-dealkylation sites (tertiary alicyclic amines) is 1. The lowest BCUT2D eigenvalue weighted by Gasteiger charge is -2.31. The van der Waals surface area contributed by atoms with Gasteiger partial charge in [-0.1, -0.05) is 12.1 Å². The maximum atomic E-state index is 5.73. The van der Waals surface area contributed by atoms with E-state index in [9.17, 15) is 0 Å². The summed E-state index contributed by atoms with van der Waals surface area (Å²) in [4.78, 5) is 12.7. The van der Waals surface area contributed by atoms with Gasteiger partial charge in [0.1, 0.15) is 5.76 Å². The van der Waals surface area contributed by atoms with Crippen LogP contribution in [0.15, 0.2) is 32.5 Å². The highest BCUT2D eigenvalue weighted by Crippen LogP contribution is 2.22. The van der Waals surface area contributed by atoms with Gasteiger partial charge in [0.15, 0.2) is 5.96 Å². The third-order valence-electron chi connectivity index (χ3n) is 5.81. The molecule has 1 aliphatic rings. The Morgan fingerprint density at radius 2 is 1.97 bits per heavy atom. The number of hydrogen-bond acceptors (Lipinski definition) is 5. The average molecular weight is 558 g/mol. The summed E-state index contributed by atoms with van der Waals surface area (Å²) in [7, 11) is 1.84. The summed E-state index contributed by atoms with van der Waals surface area (Å²) >= 11 is 1.79. The Kier molecular flexibility index (Phi) is 10.6. The standard InChI is InChI=1S/C23H35N5OS.HI/c1-16-6-7-20(21(12-16)30-5)14-26-23(24-4)25-13-19-8-10-28(11-9-19)15-22-27-17(2)18(3)29-22;/h6-7,12,19H,8-11,13-15H2,1-5H3,(H2,24,25,26);1H. The number of rotatable bonds is 7. The molecule has 0 saturated carbocycles. The van der Waals surface area contributed by atoms with Crippen LogP contribution < -0.4 is 10.6 Å². The van der Waals surface area contributed by atoms with E-state index >= 15 is 0 Å². The van der Waals surface area contributed by atoms with Crippen LogP contribution in [0.1, 0.15) is 41.3 Å². The zero-order valence-corrected chi connectivity index (χ0v) is 22.5. The molecule has 2 N–H and O–H groups in total. The van der Waals surface area contributed by atoms with E-state index in [4.69, 9.17) is 4.42 Å². The van der Waals surface area contributed by atoms with Gasteiger partial charge in [-0.3, -0.25) is 9.89 Å². The van der Waals surface area contributed by atoms with Crippen LogP contribution in [0.4, 0.5) is 0 Å². The van der Waals surface area contributed by atoms with Crippen LogP contribution in [0, 0.1) is 26.7 Å². The first kappa shape index (κ1) is 26.0. The van der Waals surface area contributed by atoms with Crippen molar-refractivity contribution in [2.45, 2.75) is 51.6 Å². The average Bonchev–Trinajstić information content (AvgIpc) is 3.06. The predicted octanol–water partition coefficient (Wildman–Crippen LogP) is 4.52. The molecule has 2 heterocycles. The van der Waals surface area contributed by atoms with Crippen LogP contribution in [-0.2, 0) is 13.1 Å². The summed E-state index contributed by atoms with van der Waals surface area (Å²) in [6.45, 7) is 10.8. The number of thioether (sulfide) groups is 1. The molecular formula is C23H36IN5OS. The van der Waals surface area contributed by atoms with E-state index in [-0.39, 0.29) is 24.0 Å². The zero-order valence-electron chi connectivity index (χ0n) is 19.3. The summed E-state index contributed by atoms with van der Waals surface area (Å²) in [5.74, 6) is 3.30. The third-order valence-corrected chi connectivity index (χ3v) is 6.63. The molecule has 0 aliphatic carbocycles. The minimum atomic E-state index is 0. The number of aliphatic imine (C=N–C) groups is 1. The molecule has 0 bridgehead atoms. The second-order valence-corrected chi connectivity index (χ2v) is 8.94. The van der Waals surface area contributed by atoms with Crippen molar-refractivity contribution in [1.29, 1.82) is 0 Å². The molecule has 6 nitrogen and oxygen atoms in total. The van der Waals surface area contributed by atoms with Gasteiger partial charge in [0.25, 0.3) is 0 Å². The summed E-state index contributed by atoms with van der Waals surface area (Å²) < 4.78 is 5.73. The minimum Gasteiger partial charge on any atom is -0.444 e. The SMILES string of the molecule is CN=C(NCc1ccc(C)cc1SC)NCC1CCN(Cc2nc(C)c(C)o2)CC1.I. The molecule has 1 saturated heterocycles. The highest BCUT2D eigenvalue weighted by atomic mass is 127. The van der Waals surface area contributed by atoms with Crippen LogP contribution in [0.25, 0.3) is 0 Å². The summed E-state index contributed by atoms with van der Waals surface area (Å²) in [6.07, 6.45) is 4.48. The van der Waals surface area contributed by atoms with E-state index in [2.05, 4.69) is 56.9 Å². The number of guanidine groups is 1. The fraction of sp³-hybridized carbons (Fsp3) is 0.565. The lowest BCUT2D eigenvalue weighted by molar-refractivity contribution is 0.164. The molecule has 0 spiro atoms. The zero-order chi connectivity index (χ0) is 21.5. The van der Waals surface area contributed by atoms with Crippen LogP contribution in [0.2, 0.25) is 0 Å². The molecule has 172 valence electrons. The topological polar surface area (TPSA) is 65.7 Å². The van der Waals surface area contributed by atoms with Crippen molar-refractivity contribution in [3.8, 4) is 0 Å². The Labute approximate surface area is 208 Å². The first-order chi connectivity index (χ1) is 14.5. The Morgan fingerprint density at radius 1 is 1.23 bits per heavy atom. The van der Waals surface area contributed by atoms with E-state index < -0.39 is 0 Å². The number of nitrogens with one attached hydrogen (secondary N) is 2. The van der Waals surface area contributed by atoms with Gasteiger partial charge < -0.3 is 15.1 Å². The quantitative estimate of drug-likeness (QED) is 0.226. The number of benzene rings is 1. The minimum absolute atomic E-state index is 0. The largest absolute Gasteiger partial charge is 0.444 e. The van der Waals surface area contributed by atoms with Crippen molar-refractivity contribution >= 4 is 41.7 Å². The Bertz CT molecular complexity index is 842. The van der Waals surface area contributed by atoms with Crippen molar-refractivity contribution in [1.82, 2.24) is 20.5 Å². The van der Waals surface area contributed by atoms with Crippen LogP contribution in [0.3, 0.4) is 0 Å². The van der Waals surface area contributed by atoms with E-state index in [1.807, 2.05) is 20.9 Å². The molecule has 2 aromatic rings. The Morgan fingerprint density at radius 3 is 2.58 bits per heavy atom. The van der Waals surface area contributed by atoms with Crippen LogP contribution in [-0.4, -0.2) is 48.8 Å². The highest BCUT2D eigenvalue weighted by molar-refractivity contribution is 14.0. The van der Waals surface area contributed by atoms with Gasteiger partial charge in [0, 0.05) is 25.0 Å². The third kappa shape index (κ3) is 7.68. The number of oxazole rings is 1. The summed E-state index contributed by atoms with van der Waals surface area (Å²) in [6, 6.07) is 6.61. The number of nitrogens with zero attached hydrogens (tertiary/aromatic N) is 3. The smallest absolute Gasteiger partial charge is 0.208 e. The Balaban J connectivity index is 0.00000341. The van der Waals surface area contributed by atoms with Crippen molar-refractivity contribution in [2.75, 3.05) is 32.9 Å². The van der Waals surface area contributed by atoms with Crippen molar-refractivity contribution in [3.63, 3.8) is 0 Å². The molecule has 1 aliphatic heterocycles. The second-order valence-electron chi connectivity index (χ2n) is 8.09. The van der Waals surface area contributed by atoms with Gasteiger partial charge in [-0.2, -0.15) is 0 Å².